The molecule has 0 saturated carbocycles. The maximum absolute atomic E-state index is 11.2. The van der Waals surface area contributed by atoms with Crippen molar-refractivity contribution in [1.29, 1.82) is 0 Å². The quantitative estimate of drug-likeness (QED) is 0.147. The molecule has 11 nitrogen and oxygen atoms in total. The minimum atomic E-state index is -1.07. The second kappa shape index (κ2) is 15.0. The molecule has 0 aromatic heterocycles. The van der Waals surface area contributed by atoms with Gasteiger partial charge < -0.3 is 19.7 Å². The van der Waals surface area contributed by atoms with Gasteiger partial charge in [0, 0.05) is 50.0 Å². The smallest absolute Gasteiger partial charge is 0.269 e. The molecule has 3 rings (SSSR count). The number of hydrogen-bond donors (Lipinski definition) is 2. The fourth-order valence-electron chi connectivity index (χ4n) is 4.34. The van der Waals surface area contributed by atoms with Gasteiger partial charge in [-0.25, -0.2) is 0 Å². The maximum atomic E-state index is 11.2. The van der Waals surface area contributed by atoms with Crippen LogP contribution in [0.25, 0.3) is 0 Å². The molecule has 11 heteroatoms. The standard InChI is InChI=1S/C29H35N3O8/c1-3-39-14-15-40-27-12-10-22(11-13-27)16-21(2)30(19-28(33)23-6-4-8-25(17-23)31(35)36)20-29(34)24-7-5-9-26(18-24)32(37)38/h4-13,17-18,21,28-29,33-34H,3,14-16,19-20H2,1-2H3/t21-,28?,29?/m1/s1. The van der Waals surface area contributed by atoms with Crippen molar-refractivity contribution in [2.75, 3.05) is 32.9 Å². The summed E-state index contributed by atoms with van der Waals surface area (Å²) in [4.78, 5) is 23.3. The number of nitro groups is 2. The SMILES string of the molecule is CCOCCOc1ccc(C[C@@H](C)N(CC(O)c2cccc([N+](=O)[O-])c2)CC(O)c2cccc([N+](=O)[O-])c2)cc1. The number of hydrogen-bond acceptors (Lipinski definition) is 9. The summed E-state index contributed by atoms with van der Waals surface area (Å²) in [5.41, 5.74) is 1.51. The van der Waals surface area contributed by atoms with Crippen LogP contribution in [0.5, 0.6) is 5.75 Å². The van der Waals surface area contributed by atoms with Crippen molar-refractivity contribution in [2.24, 2.45) is 0 Å². The van der Waals surface area contributed by atoms with Gasteiger partial charge in [0.25, 0.3) is 11.4 Å². The molecule has 2 unspecified atom stereocenters. The van der Waals surface area contributed by atoms with Crippen molar-refractivity contribution in [3.8, 4) is 5.75 Å². The van der Waals surface area contributed by atoms with E-state index in [1.807, 2.05) is 43.0 Å². The molecular formula is C29H35N3O8. The fraction of sp³-hybridized carbons (Fsp3) is 0.379. The molecule has 3 atom stereocenters. The minimum Gasteiger partial charge on any atom is -0.491 e. The zero-order chi connectivity index (χ0) is 29.1. The normalized spacial score (nSPS) is 13.5. The molecule has 0 spiro atoms. The van der Waals surface area contributed by atoms with Gasteiger partial charge in [-0.15, -0.1) is 0 Å². The van der Waals surface area contributed by atoms with Gasteiger partial charge >= 0.3 is 0 Å². The third-order valence-corrected chi connectivity index (χ3v) is 6.52. The minimum absolute atomic E-state index is 0.0763. The average molecular weight is 554 g/mol. The summed E-state index contributed by atoms with van der Waals surface area (Å²) < 4.78 is 11.0. The number of nitro benzene ring substituents is 2. The van der Waals surface area contributed by atoms with Crippen molar-refractivity contribution >= 4 is 11.4 Å². The zero-order valence-corrected chi connectivity index (χ0v) is 22.6. The number of rotatable bonds is 16. The molecule has 0 bridgehead atoms. The first-order valence-corrected chi connectivity index (χ1v) is 13.1. The van der Waals surface area contributed by atoms with Crippen molar-refractivity contribution in [3.63, 3.8) is 0 Å². The highest BCUT2D eigenvalue weighted by Crippen LogP contribution is 2.25. The Morgan fingerprint density at radius 2 is 1.35 bits per heavy atom. The van der Waals surface area contributed by atoms with Crippen LogP contribution in [0.1, 0.15) is 42.7 Å². The average Bonchev–Trinajstić information content (AvgIpc) is 2.95. The van der Waals surface area contributed by atoms with Gasteiger partial charge in [0.15, 0.2) is 0 Å². The lowest BCUT2D eigenvalue weighted by molar-refractivity contribution is -0.385. The Bertz CT molecular complexity index is 1190. The van der Waals surface area contributed by atoms with E-state index >= 15 is 0 Å². The molecule has 0 aliphatic carbocycles. The summed E-state index contributed by atoms with van der Waals surface area (Å²) in [6.45, 7) is 5.60. The first kappa shape index (κ1) is 30.6. The molecule has 2 N–H and O–H groups in total. The Kier molecular flexibility index (Phi) is 11.5. The van der Waals surface area contributed by atoms with Crippen LogP contribution in [-0.2, 0) is 11.2 Å². The Labute approximate surface area is 232 Å². The van der Waals surface area contributed by atoms with Crippen molar-refractivity contribution < 1.29 is 29.5 Å². The summed E-state index contributed by atoms with van der Waals surface area (Å²) in [7, 11) is 0. The van der Waals surface area contributed by atoms with Crippen LogP contribution in [0.2, 0.25) is 0 Å². The molecule has 0 aliphatic rings. The molecule has 0 saturated heterocycles. The van der Waals surface area contributed by atoms with Crippen LogP contribution in [0, 0.1) is 20.2 Å². The van der Waals surface area contributed by atoms with Gasteiger partial charge in [0.1, 0.15) is 12.4 Å². The van der Waals surface area contributed by atoms with Crippen LogP contribution in [0.15, 0.2) is 72.8 Å². The Balaban J connectivity index is 1.77. The summed E-state index contributed by atoms with van der Waals surface area (Å²) in [6, 6.07) is 19.1. The monoisotopic (exact) mass is 553 g/mol. The molecule has 0 radical (unpaired) electrons. The van der Waals surface area contributed by atoms with E-state index in [-0.39, 0.29) is 30.5 Å². The van der Waals surface area contributed by atoms with E-state index < -0.39 is 22.1 Å². The van der Waals surface area contributed by atoms with Crippen LogP contribution in [0.4, 0.5) is 11.4 Å². The third kappa shape index (κ3) is 9.09. The molecular weight excluding hydrogens is 518 g/mol. The number of ether oxygens (including phenoxy) is 2. The molecule has 0 heterocycles. The van der Waals surface area contributed by atoms with Crippen molar-refractivity contribution in [1.82, 2.24) is 4.90 Å². The van der Waals surface area contributed by atoms with Gasteiger partial charge in [0.05, 0.1) is 28.7 Å². The predicted molar refractivity (Wildman–Crippen MR) is 149 cm³/mol. The number of benzene rings is 3. The van der Waals surface area contributed by atoms with Gasteiger partial charge in [-0.05, 0) is 49.1 Å². The van der Waals surface area contributed by atoms with Gasteiger partial charge in [-0.3, -0.25) is 25.1 Å². The number of nitrogens with zero attached hydrogens (tertiary/aromatic N) is 3. The summed E-state index contributed by atoms with van der Waals surface area (Å²) in [6.07, 6.45) is -1.57. The van der Waals surface area contributed by atoms with Crippen LogP contribution in [-0.4, -0.2) is 63.9 Å². The highest BCUT2D eigenvalue weighted by Gasteiger charge is 2.24. The first-order chi connectivity index (χ1) is 19.2. The first-order valence-electron chi connectivity index (χ1n) is 13.1. The van der Waals surface area contributed by atoms with Crippen LogP contribution in [0.3, 0.4) is 0 Å². The highest BCUT2D eigenvalue weighted by atomic mass is 16.6. The van der Waals surface area contributed by atoms with E-state index in [1.165, 1.54) is 36.4 Å². The Morgan fingerprint density at radius 3 is 1.82 bits per heavy atom. The van der Waals surface area contributed by atoms with E-state index in [4.69, 9.17) is 9.47 Å². The second-order valence-electron chi connectivity index (χ2n) is 9.43. The molecule has 3 aromatic carbocycles. The lowest BCUT2D eigenvalue weighted by Crippen LogP contribution is -2.40. The Morgan fingerprint density at radius 1 is 0.825 bits per heavy atom. The highest BCUT2D eigenvalue weighted by molar-refractivity contribution is 5.36. The van der Waals surface area contributed by atoms with E-state index in [2.05, 4.69) is 0 Å². The lowest BCUT2D eigenvalue weighted by atomic mass is 10.0. The number of aliphatic hydroxyl groups is 2. The third-order valence-electron chi connectivity index (χ3n) is 6.52. The summed E-state index contributed by atoms with van der Waals surface area (Å²) in [5.74, 6) is 0.718. The summed E-state index contributed by atoms with van der Waals surface area (Å²) >= 11 is 0. The summed E-state index contributed by atoms with van der Waals surface area (Å²) in [5, 5.41) is 44.4. The molecule has 0 fully saturated rings. The molecule has 0 aliphatic heterocycles. The van der Waals surface area contributed by atoms with Crippen molar-refractivity contribution in [3.05, 3.63) is 110 Å². The number of aliphatic hydroxyl groups excluding tert-OH is 2. The lowest BCUT2D eigenvalue weighted by Gasteiger charge is -2.33. The predicted octanol–water partition coefficient (Wildman–Crippen LogP) is 4.62. The maximum Gasteiger partial charge on any atom is 0.269 e. The zero-order valence-electron chi connectivity index (χ0n) is 22.6. The van der Waals surface area contributed by atoms with E-state index in [9.17, 15) is 30.4 Å². The second-order valence-corrected chi connectivity index (χ2v) is 9.43. The topological polar surface area (TPSA) is 148 Å². The van der Waals surface area contributed by atoms with E-state index in [1.54, 1.807) is 12.1 Å². The van der Waals surface area contributed by atoms with Gasteiger partial charge in [-0.1, -0.05) is 36.4 Å². The molecule has 40 heavy (non-hydrogen) atoms. The van der Waals surface area contributed by atoms with E-state index in [0.717, 1.165) is 11.3 Å². The fourth-order valence-corrected chi connectivity index (χ4v) is 4.34. The van der Waals surface area contributed by atoms with Gasteiger partial charge in [-0.2, -0.15) is 0 Å². The van der Waals surface area contributed by atoms with Crippen LogP contribution < -0.4 is 4.74 Å². The van der Waals surface area contributed by atoms with E-state index in [0.29, 0.717) is 37.4 Å². The molecule has 214 valence electrons. The largest absolute Gasteiger partial charge is 0.491 e. The molecule has 3 aromatic rings. The Hall–Kier alpha value is -3.90. The van der Waals surface area contributed by atoms with Gasteiger partial charge in [0.2, 0.25) is 0 Å². The molecule has 0 amide bonds. The number of non-ortho nitro benzene ring substituents is 2. The van der Waals surface area contributed by atoms with Crippen molar-refractivity contribution in [2.45, 2.75) is 38.5 Å². The van der Waals surface area contributed by atoms with Crippen LogP contribution >= 0.6 is 0 Å².